The fourth-order valence-corrected chi connectivity index (χ4v) is 3.85. The largest absolute Gasteiger partial charge is 0.348 e. The average Bonchev–Trinajstić information content (AvgIpc) is 3.54. The molecule has 0 saturated heterocycles. The zero-order valence-electron chi connectivity index (χ0n) is 19.6. The Morgan fingerprint density at radius 1 is 1.06 bits per heavy atom. The van der Waals surface area contributed by atoms with Crippen molar-refractivity contribution in [3.05, 3.63) is 53.8 Å². The molecule has 4 aromatic rings. The highest BCUT2D eigenvalue weighted by atomic mass is 32.1. The van der Waals surface area contributed by atoms with Crippen LogP contribution >= 0.6 is 11.3 Å². The number of rotatable bonds is 6. The molecule has 10 nitrogen and oxygen atoms in total. The maximum Gasteiger partial charge on any atom is 0.253 e. The summed E-state index contributed by atoms with van der Waals surface area (Å²) < 4.78 is 1.96. The van der Waals surface area contributed by atoms with Gasteiger partial charge in [-0.3, -0.25) is 9.59 Å². The van der Waals surface area contributed by atoms with Gasteiger partial charge in [0, 0.05) is 30.4 Å². The first kappa shape index (κ1) is 23.3. The molecule has 2 amide bonds. The Hall–Kier alpha value is -3.86. The van der Waals surface area contributed by atoms with Gasteiger partial charge in [-0.05, 0) is 45.9 Å². The summed E-state index contributed by atoms with van der Waals surface area (Å²) in [5.74, 6) is -0.665. The molecule has 11 heteroatoms. The zero-order chi connectivity index (χ0) is 24.5. The van der Waals surface area contributed by atoms with Crippen molar-refractivity contribution in [2.45, 2.75) is 39.3 Å². The number of carbonyl (C=O) groups is 2. The number of hydrogen-bond acceptors (Lipinski definition) is 7. The molecule has 34 heavy (non-hydrogen) atoms. The van der Waals surface area contributed by atoms with E-state index in [1.54, 1.807) is 32.4 Å². The van der Waals surface area contributed by atoms with E-state index in [4.69, 9.17) is 0 Å². The van der Waals surface area contributed by atoms with Crippen LogP contribution in [0.2, 0.25) is 0 Å². The minimum atomic E-state index is -0.740. The van der Waals surface area contributed by atoms with Gasteiger partial charge in [0.2, 0.25) is 5.91 Å². The quantitative estimate of drug-likeness (QED) is 0.439. The van der Waals surface area contributed by atoms with Gasteiger partial charge in [0.1, 0.15) is 17.4 Å². The van der Waals surface area contributed by atoms with Gasteiger partial charge in [-0.2, -0.15) is 15.0 Å². The van der Waals surface area contributed by atoms with Crippen LogP contribution in [-0.4, -0.2) is 47.4 Å². The van der Waals surface area contributed by atoms with Crippen molar-refractivity contribution in [2.24, 2.45) is 7.05 Å². The molecule has 4 aromatic heterocycles. The fourth-order valence-electron chi connectivity index (χ4n) is 3.14. The first-order valence-electron chi connectivity index (χ1n) is 10.7. The lowest BCUT2D eigenvalue weighted by molar-refractivity contribution is -0.117. The third-order valence-corrected chi connectivity index (χ3v) is 5.84. The number of hydrogen-bond donors (Lipinski definition) is 2. The molecule has 0 saturated carbocycles. The summed E-state index contributed by atoms with van der Waals surface area (Å²) in [7, 11) is 1.74. The SMILES string of the molecule is C[C@H](NC(=O)c1ccn(C(C)(C)C)c1)C(=O)Nc1nc(-c2cccc(-c3cnn(C)n3)n2)cs1. The molecule has 0 aliphatic rings. The van der Waals surface area contributed by atoms with Crippen LogP contribution in [0.1, 0.15) is 38.1 Å². The van der Waals surface area contributed by atoms with Crippen LogP contribution in [0.5, 0.6) is 0 Å². The third kappa shape index (κ3) is 5.20. The van der Waals surface area contributed by atoms with Crippen LogP contribution < -0.4 is 10.6 Å². The van der Waals surface area contributed by atoms with Crippen LogP contribution in [0.25, 0.3) is 22.8 Å². The monoisotopic (exact) mass is 478 g/mol. The number of nitrogens with zero attached hydrogens (tertiary/aromatic N) is 6. The molecule has 0 aromatic carbocycles. The van der Waals surface area contributed by atoms with Crippen molar-refractivity contribution in [1.29, 1.82) is 0 Å². The summed E-state index contributed by atoms with van der Waals surface area (Å²) in [6.45, 7) is 7.78. The van der Waals surface area contributed by atoms with E-state index in [1.165, 1.54) is 16.1 Å². The molecule has 4 heterocycles. The summed E-state index contributed by atoms with van der Waals surface area (Å²) in [5.41, 5.74) is 3.00. The van der Waals surface area contributed by atoms with E-state index in [-0.39, 0.29) is 17.4 Å². The van der Waals surface area contributed by atoms with Crippen molar-refractivity contribution in [1.82, 2.24) is 34.8 Å². The Morgan fingerprint density at radius 2 is 1.79 bits per heavy atom. The van der Waals surface area contributed by atoms with Crippen LogP contribution in [0.4, 0.5) is 5.13 Å². The highest BCUT2D eigenvalue weighted by molar-refractivity contribution is 7.14. The molecule has 1 atom stereocenters. The lowest BCUT2D eigenvalue weighted by atomic mass is 10.1. The predicted molar refractivity (Wildman–Crippen MR) is 130 cm³/mol. The van der Waals surface area contributed by atoms with E-state index in [0.717, 1.165) is 0 Å². The molecule has 4 rings (SSSR count). The van der Waals surface area contributed by atoms with Gasteiger partial charge in [-0.25, -0.2) is 9.97 Å². The maximum absolute atomic E-state index is 12.6. The molecule has 0 spiro atoms. The van der Waals surface area contributed by atoms with E-state index in [1.807, 2.05) is 34.3 Å². The van der Waals surface area contributed by atoms with Crippen molar-refractivity contribution < 1.29 is 9.59 Å². The Labute approximate surface area is 201 Å². The number of pyridine rings is 1. The number of aryl methyl sites for hydroxylation is 1. The van der Waals surface area contributed by atoms with Crippen molar-refractivity contribution in [2.75, 3.05) is 5.32 Å². The average molecular weight is 479 g/mol. The first-order chi connectivity index (χ1) is 16.1. The number of nitrogens with one attached hydrogen (secondary N) is 2. The minimum Gasteiger partial charge on any atom is -0.348 e. The van der Waals surface area contributed by atoms with Crippen LogP contribution in [-0.2, 0) is 17.4 Å². The second-order valence-corrected chi connectivity index (χ2v) is 9.69. The smallest absolute Gasteiger partial charge is 0.253 e. The molecule has 0 aliphatic heterocycles. The Bertz CT molecular complexity index is 1330. The molecule has 0 unspecified atom stereocenters. The van der Waals surface area contributed by atoms with Gasteiger partial charge in [-0.15, -0.1) is 11.3 Å². The lowest BCUT2D eigenvalue weighted by Crippen LogP contribution is -2.41. The normalized spacial score (nSPS) is 12.4. The Kier molecular flexibility index (Phi) is 6.29. The van der Waals surface area contributed by atoms with Gasteiger partial charge in [0.05, 0.1) is 23.1 Å². The standard InChI is InChI=1S/C23H26N8O2S/c1-14(25-21(33)15-9-10-31(12-15)23(2,3)4)20(32)28-22-27-19(13-34-22)17-8-6-7-16(26-17)18-11-24-30(5)29-18/h6-14H,1-5H3,(H,25,33)(H,27,28,32)/t14-/m0/s1. The summed E-state index contributed by atoms with van der Waals surface area (Å²) in [6, 6.07) is 6.56. The number of thiazole rings is 1. The van der Waals surface area contributed by atoms with E-state index >= 15 is 0 Å². The second kappa shape index (κ2) is 9.18. The topological polar surface area (TPSA) is 120 Å². The van der Waals surface area contributed by atoms with Crippen molar-refractivity contribution in [3.63, 3.8) is 0 Å². The maximum atomic E-state index is 12.6. The number of anilines is 1. The summed E-state index contributed by atoms with van der Waals surface area (Å²) >= 11 is 1.29. The zero-order valence-corrected chi connectivity index (χ0v) is 20.4. The highest BCUT2D eigenvalue weighted by Gasteiger charge is 2.20. The summed E-state index contributed by atoms with van der Waals surface area (Å²) in [5, 5.41) is 16.1. The van der Waals surface area contributed by atoms with Gasteiger partial charge >= 0.3 is 0 Å². The van der Waals surface area contributed by atoms with Gasteiger partial charge < -0.3 is 15.2 Å². The van der Waals surface area contributed by atoms with Crippen LogP contribution in [0.15, 0.2) is 48.2 Å². The summed E-state index contributed by atoms with van der Waals surface area (Å²) in [6.07, 6.45) is 5.27. The summed E-state index contributed by atoms with van der Waals surface area (Å²) in [4.78, 5) is 35.7. The molecule has 0 bridgehead atoms. The molecule has 0 radical (unpaired) electrons. The van der Waals surface area contributed by atoms with Gasteiger partial charge in [0.25, 0.3) is 5.91 Å². The number of carbonyl (C=O) groups excluding carboxylic acids is 2. The molecule has 2 N–H and O–H groups in total. The Balaban J connectivity index is 1.39. The number of amides is 2. The first-order valence-corrected chi connectivity index (χ1v) is 11.6. The van der Waals surface area contributed by atoms with Crippen LogP contribution in [0, 0.1) is 0 Å². The molecule has 0 aliphatic carbocycles. The van der Waals surface area contributed by atoms with E-state index in [9.17, 15) is 9.59 Å². The van der Waals surface area contributed by atoms with Crippen molar-refractivity contribution in [3.8, 4) is 22.8 Å². The van der Waals surface area contributed by atoms with Crippen LogP contribution in [0.3, 0.4) is 0 Å². The van der Waals surface area contributed by atoms with Gasteiger partial charge in [0.15, 0.2) is 5.13 Å². The number of aromatic nitrogens is 6. The Morgan fingerprint density at radius 3 is 2.44 bits per heavy atom. The van der Waals surface area contributed by atoms with E-state index in [2.05, 4.69) is 51.6 Å². The molecular weight excluding hydrogens is 452 g/mol. The molecular formula is C23H26N8O2S. The highest BCUT2D eigenvalue weighted by Crippen LogP contribution is 2.25. The van der Waals surface area contributed by atoms with Gasteiger partial charge in [-0.1, -0.05) is 6.07 Å². The van der Waals surface area contributed by atoms with E-state index < -0.39 is 6.04 Å². The fraction of sp³-hybridized carbons (Fsp3) is 0.304. The van der Waals surface area contributed by atoms with Crippen molar-refractivity contribution >= 4 is 28.3 Å². The molecule has 176 valence electrons. The minimum absolute atomic E-state index is 0.132. The second-order valence-electron chi connectivity index (χ2n) is 8.83. The predicted octanol–water partition coefficient (Wildman–Crippen LogP) is 3.31. The lowest BCUT2D eigenvalue weighted by Gasteiger charge is -2.20. The third-order valence-electron chi connectivity index (χ3n) is 5.08. The van der Waals surface area contributed by atoms with E-state index in [0.29, 0.717) is 33.5 Å². The molecule has 0 fully saturated rings.